The SMILES string of the molecule is COC(=O)c1cc(OC)c(OC)cc1N1C(=O)c2ccccc2C1=O. The Morgan fingerprint density at radius 1 is 0.880 bits per heavy atom. The molecule has 128 valence electrons. The maximum Gasteiger partial charge on any atom is 0.340 e. The van der Waals surface area contributed by atoms with Gasteiger partial charge >= 0.3 is 5.97 Å². The van der Waals surface area contributed by atoms with Crippen molar-refractivity contribution in [2.24, 2.45) is 0 Å². The van der Waals surface area contributed by atoms with Crippen LogP contribution in [0.4, 0.5) is 5.69 Å². The summed E-state index contributed by atoms with van der Waals surface area (Å²) in [4.78, 5) is 38.5. The highest BCUT2D eigenvalue weighted by Gasteiger charge is 2.39. The predicted molar refractivity (Wildman–Crippen MR) is 88.5 cm³/mol. The van der Waals surface area contributed by atoms with Gasteiger partial charge < -0.3 is 14.2 Å². The van der Waals surface area contributed by atoms with Crippen LogP contribution in [0.2, 0.25) is 0 Å². The Kier molecular flexibility index (Phi) is 4.14. The number of esters is 1. The highest BCUT2D eigenvalue weighted by Crippen LogP contribution is 2.38. The van der Waals surface area contributed by atoms with Gasteiger partial charge in [0.15, 0.2) is 11.5 Å². The third kappa shape index (κ3) is 2.50. The fourth-order valence-electron chi connectivity index (χ4n) is 2.73. The van der Waals surface area contributed by atoms with Crippen molar-refractivity contribution in [3.63, 3.8) is 0 Å². The van der Waals surface area contributed by atoms with Crippen molar-refractivity contribution in [2.75, 3.05) is 26.2 Å². The molecule has 0 aromatic heterocycles. The highest BCUT2D eigenvalue weighted by atomic mass is 16.5. The molecule has 0 bridgehead atoms. The molecule has 0 radical (unpaired) electrons. The Labute approximate surface area is 143 Å². The summed E-state index contributed by atoms with van der Waals surface area (Å²) in [6.45, 7) is 0. The molecule has 0 saturated heterocycles. The second kappa shape index (κ2) is 6.27. The van der Waals surface area contributed by atoms with Gasteiger partial charge in [0.25, 0.3) is 11.8 Å². The second-order valence-electron chi connectivity index (χ2n) is 5.21. The summed E-state index contributed by atoms with van der Waals surface area (Å²) in [7, 11) is 4.05. The van der Waals surface area contributed by atoms with Crippen molar-refractivity contribution in [1.82, 2.24) is 0 Å². The molecule has 0 aliphatic carbocycles. The van der Waals surface area contributed by atoms with E-state index in [1.54, 1.807) is 24.3 Å². The number of anilines is 1. The molecular weight excluding hydrogens is 326 g/mol. The molecule has 0 fully saturated rings. The summed E-state index contributed by atoms with van der Waals surface area (Å²) in [5.74, 6) is -1.17. The molecule has 7 heteroatoms. The van der Waals surface area contributed by atoms with E-state index in [2.05, 4.69) is 0 Å². The topological polar surface area (TPSA) is 82.1 Å². The van der Waals surface area contributed by atoms with E-state index in [1.807, 2.05) is 0 Å². The maximum atomic E-state index is 12.7. The van der Waals surface area contributed by atoms with E-state index in [0.717, 1.165) is 4.90 Å². The minimum absolute atomic E-state index is 0.0228. The van der Waals surface area contributed by atoms with Crippen molar-refractivity contribution in [1.29, 1.82) is 0 Å². The van der Waals surface area contributed by atoms with Gasteiger partial charge in [0.1, 0.15) is 0 Å². The van der Waals surface area contributed by atoms with Gasteiger partial charge in [-0.25, -0.2) is 9.69 Å². The van der Waals surface area contributed by atoms with E-state index in [1.165, 1.54) is 33.5 Å². The maximum absolute atomic E-state index is 12.7. The average molecular weight is 341 g/mol. The molecule has 25 heavy (non-hydrogen) atoms. The van der Waals surface area contributed by atoms with Crippen LogP contribution >= 0.6 is 0 Å². The predicted octanol–water partition coefficient (Wildman–Crippen LogP) is 2.29. The number of nitrogens with zero attached hydrogens (tertiary/aromatic N) is 1. The summed E-state index contributed by atoms with van der Waals surface area (Å²) in [5, 5.41) is 0. The normalized spacial score (nSPS) is 12.8. The first kappa shape index (κ1) is 16.5. The van der Waals surface area contributed by atoms with Gasteiger partial charge in [-0.15, -0.1) is 0 Å². The van der Waals surface area contributed by atoms with Crippen molar-refractivity contribution < 1.29 is 28.6 Å². The van der Waals surface area contributed by atoms with E-state index in [9.17, 15) is 14.4 Å². The van der Waals surface area contributed by atoms with Gasteiger partial charge in [0.05, 0.1) is 43.7 Å². The first-order valence-corrected chi connectivity index (χ1v) is 7.35. The molecule has 3 rings (SSSR count). The molecule has 0 spiro atoms. The number of carbonyl (C=O) groups is 3. The lowest BCUT2D eigenvalue weighted by atomic mass is 10.1. The van der Waals surface area contributed by atoms with E-state index in [-0.39, 0.29) is 33.9 Å². The minimum Gasteiger partial charge on any atom is -0.493 e. The largest absolute Gasteiger partial charge is 0.493 e. The Bertz CT molecular complexity index is 854. The molecule has 0 atom stereocenters. The zero-order chi connectivity index (χ0) is 18.1. The van der Waals surface area contributed by atoms with E-state index >= 15 is 0 Å². The standard InChI is InChI=1S/C18H15NO6/c1-23-14-8-12(18(22)25-3)13(9-15(14)24-2)19-16(20)10-6-4-5-7-11(10)17(19)21/h4-9H,1-3H3. The van der Waals surface area contributed by atoms with Crippen molar-refractivity contribution in [2.45, 2.75) is 0 Å². The van der Waals surface area contributed by atoms with Gasteiger partial charge in [-0.1, -0.05) is 12.1 Å². The molecule has 1 heterocycles. The van der Waals surface area contributed by atoms with Gasteiger partial charge in [-0.05, 0) is 12.1 Å². The van der Waals surface area contributed by atoms with Crippen LogP contribution in [0.1, 0.15) is 31.1 Å². The average Bonchev–Trinajstić information content (AvgIpc) is 2.91. The lowest BCUT2D eigenvalue weighted by molar-refractivity contribution is 0.0601. The second-order valence-corrected chi connectivity index (χ2v) is 5.21. The van der Waals surface area contributed by atoms with Crippen LogP contribution in [0.15, 0.2) is 36.4 Å². The number of hydrogen-bond donors (Lipinski definition) is 0. The molecular formula is C18H15NO6. The molecule has 0 unspecified atom stereocenters. The smallest absolute Gasteiger partial charge is 0.340 e. The van der Waals surface area contributed by atoms with E-state index in [4.69, 9.17) is 14.2 Å². The summed E-state index contributed by atoms with van der Waals surface area (Å²) in [6, 6.07) is 9.26. The molecule has 0 saturated carbocycles. The van der Waals surface area contributed by atoms with Crippen LogP contribution in [0.5, 0.6) is 11.5 Å². The minimum atomic E-state index is -0.701. The number of benzene rings is 2. The molecule has 0 N–H and O–H groups in total. The monoisotopic (exact) mass is 341 g/mol. The fourth-order valence-corrected chi connectivity index (χ4v) is 2.73. The van der Waals surface area contributed by atoms with E-state index < -0.39 is 17.8 Å². The molecule has 1 aliphatic heterocycles. The van der Waals surface area contributed by atoms with Crippen LogP contribution in [-0.2, 0) is 4.74 Å². The fraction of sp³-hybridized carbons (Fsp3) is 0.167. The third-order valence-electron chi connectivity index (χ3n) is 3.94. The van der Waals surface area contributed by atoms with Crippen LogP contribution in [-0.4, -0.2) is 39.1 Å². The van der Waals surface area contributed by atoms with Gasteiger partial charge in [0.2, 0.25) is 0 Å². The number of hydrogen-bond acceptors (Lipinski definition) is 6. The Hall–Kier alpha value is -3.35. The molecule has 1 aliphatic rings. The first-order chi connectivity index (χ1) is 12.0. The van der Waals surface area contributed by atoms with Gasteiger partial charge in [0, 0.05) is 12.1 Å². The summed E-state index contributed by atoms with van der Waals surface area (Å²) in [5.41, 5.74) is 0.654. The molecule has 2 amide bonds. The third-order valence-corrected chi connectivity index (χ3v) is 3.94. The van der Waals surface area contributed by atoms with Crippen LogP contribution in [0.3, 0.4) is 0 Å². The number of carbonyl (C=O) groups excluding carboxylic acids is 3. The van der Waals surface area contributed by atoms with Crippen LogP contribution in [0, 0.1) is 0 Å². The lowest BCUT2D eigenvalue weighted by Crippen LogP contribution is -2.31. The zero-order valence-corrected chi connectivity index (χ0v) is 13.9. The molecule has 2 aromatic carbocycles. The number of amides is 2. The van der Waals surface area contributed by atoms with Gasteiger partial charge in [-0.2, -0.15) is 0 Å². The summed E-state index contributed by atoms with van der Waals surface area (Å²) >= 11 is 0. The van der Waals surface area contributed by atoms with Gasteiger partial charge in [-0.3, -0.25) is 9.59 Å². The van der Waals surface area contributed by atoms with E-state index in [0.29, 0.717) is 0 Å². The Morgan fingerprint density at radius 2 is 1.40 bits per heavy atom. The quantitative estimate of drug-likeness (QED) is 0.627. The first-order valence-electron chi connectivity index (χ1n) is 7.35. The Morgan fingerprint density at radius 3 is 1.88 bits per heavy atom. The number of rotatable bonds is 4. The summed E-state index contributed by atoms with van der Waals surface area (Å²) < 4.78 is 15.2. The summed E-state index contributed by atoms with van der Waals surface area (Å²) in [6.07, 6.45) is 0. The Balaban J connectivity index is 2.22. The number of fused-ring (bicyclic) bond motifs is 1. The number of imide groups is 1. The lowest BCUT2D eigenvalue weighted by Gasteiger charge is -2.19. The van der Waals surface area contributed by atoms with Crippen molar-refractivity contribution >= 4 is 23.5 Å². The number of ether oxygens (including phenoxy) is 3. The molecule has 2 aromatic rings. The zero-order valence-electron chi connectivity index (χ0n) is 13.9. The van der Waals surface area contributed by atoms with Crippen molar-refractivity contribution in [3.05, 3.63) is 53.1 Å². The van der Waals surface area contributed by atoms with Crippen LogP contribution < -0.4 is 14.4 Å². The highest BCUT2D eigenvalue weighted by molar-refractivity contribution is 6.35. The van der Waals surface area contributed by atoms with Crippen LogP contribution in [0.25, 0.3) is 0 Å². The number of methoxy groups -OCH3 is 3. The molecule has 7 nitrogen and oxygen atoms in total. The van der Waals surface area contributed by atoms with Crippen molar-refractivity contribution in [3.8, 4) is 11.5 Å².